The van der Waals surface area contributed by atoms with Crippen LogP contribution < -0.4 is 10.6 Å². The van der Waals surface area contributed by atoms with Crippen LogP contribution in [-0.4, -0.2) is 42.0 Å². The zero-order valence-electron chi connectivity index (χ0n) is 16.5. The Hall–Kier alpha value is -2.13. The van der Waals surface area contributed by atoms with Gasteiger partial charge in [-0.05, 0) is 25.3 Å². The fourth-order valence-corrected chi connectivity index (χ4v) is 4.18. The van der Waals surface area contributed by atoms with Crippen LogP contribution in [0.15, 0.2) is 40.7 Å². The van der Waals surface area contributed by atoms with Gasteiger partial charge in [0.1, 0.15) is 5.01 Å². The number of benzene rings is 1. The zero-order valence-corrected chi connectivity index (χ0v) is 17.4. The van der Waals surface area contributed by atoms with E-state index in [-0.39, 0.29) is 12.6 Å². The molecule has 1 aliphatic heterocycles. The molecule has 1 fully saturated rings. The van der Waals surface area contributed by atoms with Gasteiger partial charge in [0.2, 0.25) is 0 Å². The molecule has 9 heteroatoms. The van der Waals surface area contributed by atoms with E-state index in [1.807, 2.05) is 6.07 Å². The second-order valence-electron chi connectivity index (χ2n) is 7.09. The van der Waals surface area contributed by atoms with Crippen molar-refractivity contribution in [1.29, 1.82) is 0 Å². The summed E-state index contributed by atoms with van der Waals surface area (Å²) in [4.78, 5) is 10.3. The summed E-state index contributed by atoms with van der Waals surface area (Å²) in [5.41, 5.74) is 0.472. The molecule has 0 aliphatic carbocycles. The van der Waals surface area contributed by atoms with Gasteiger partial charge < -0.3 is 10.6 Å². The first-order valence-electron chi connectivity index (χ1n) is 9.64. The van der Waals surface area contributed by atoms with E-state index in [9.17, 15) is 13.2 Å². The Balaban J connectivity index is 1.45. The predicted octanol–water partition coefficient (Wildman–Crippen LogP) is 4.05. The summed E-state index contributed by atoms with van der Waals surface area (Å²) in [5.74, 6) is 0.586. The number of piperidine rings is 1. The molecule has 1 unspecified atom stereocenters. The van der Waals surface area contributed by atoms with Gasteiger partial charge in [0, 0.05) is 37.6 Å². The fraction of sp³-hybridized carbons (Fsp3) is 0.500. The van der Waals surface area contributed by atoms with E-state index in [1.54, 1.807) is 7.05 Å². The molecule has 2 N–H and O–H groups in total. The quantitative estimate of drug-likeness (QED) is 0.561. The van der Waals surface area contributed by atoms with E-state index in [1.165, 1.54) is 5.56 Å². The lowest BCUT2D eigenvalue weighted by Crippen LogP contribution is -2.48. The molecular weight excluding hydrogens is 399 g/mol. The summed E-state index contributed by atoms with van der Waals surface area (Å²) in [5, 5.41) is 7.86. The number of guanidine groups is 1. The average Bonchev–Trinajstić information content (AvgIpc) is 3.21. The number of rotatable bonds is 5. The van der Waals surface area contributed by atoms with Gasteiger partial charge in [0.15, 0.2) is 11.7 Å². The van der Waals surface area contributed by atoms with Crippen molar-refractivity contribution in [3.8, 4) is 0 Å². The molecule has 1 aromatic carbocycles. The minimum atomic E-state index is -4.40. The highest BCUT2D eigenvalue weighted by atomic mass is 32.1. The smallest absolute Gasteiger partial charge is 0.354 e. The summed E-state index contributed by atoms with van der Waals surface area (Å²) in [7, 11) is 1.66. The molecule has 0 saturated carbocycles. The monoisotopic (exact) mass is 425 g/mol. The molecule has 0 radical (unpaired) electrons. The second kappa shape index (κ2) is 9.58. The topological polar surface area (TPSA) is 52.6 Å². The highest BCUT2D eigenvalue weighted by molar-refractivity contribution is 7.09. The summed E-state index contributed by atoms with van der Waals surface area (Å²) >= 11 is 0.993. The summed E-state index contributed by atoms with van der Waals surface area (Å²) in [6.07, 6.45) is -2.44. The van der Waals surface area contributed by atoms with Crippen molar-refractivity contribution in [3.05, 3.63) is 52.0 Å². The third-order valence-corrected chi connectivity index (χ3v) is 6.02. The Morgan fingerprint density at radius 3 is 2.55 bits per heavy atom. The van der Waals surface area contributed by atoms with Crippen LogP contribution in [0.2, 0.25) is 0 Å². The average molecular weight is 426 g/mol. The Bertz CT molecular complexity index is 798. The Kier molecular flexibility index (Phi) is 7.13. The van der Waals surface area contributed by atoms with E-state index in [0.29, 0.717) is 17.0 Å². The molecule has 29 heavy (non-hydrogen) atoms. The highest BCUT2D eigenvalue weighted by Crippen LogP contribution is 2.30. The first kappa shape index (κ1) is 21.6. The van der Waals surface area contributed by atoms with Crippen LogP contribution in [-0.2, 0) is 12.7 Å². The number of nitrogens with zero attached hydrogens (tertiary/aromatic N) is 3. The van der Waals surface area contributed by atoms with Crippen molar-refractivity contribution in [2.24, 2.45) is 4.99 Å². The van der Waals surface area contributed by atoms with Gasteiger partial charge in [-0.3, -0.25) is 9.89 Å². The maximum Gasteiger partial charge on any atom is 0.434 e. The van der Waals surface area contributed by atoms with Crippen LogP contribution in [0.5, 0.6) is 0 Å². The maximum absolute atomic E-state index is 12.7. The first-order valence-corrected chi connectivity index (χ1v) is 10.5. The summed E-state index contributed by atoms with van der Waals surface area (Å²) in [6.45, 7) is 4.40. The number of halogens is 3. The number of hydrogen-bond acceptors (Lipinski definition) is 4. The molecule has 2 heterocycles. The highest BCUT2D eigenvalue weighted by Gasteiger charge is 2.33. The molecule has 0 spiro atoms. The van der Waals surface area contributed by atoms with Crippen LogP contribution >= 0.6 is 11.3 Å². The molecule has 5 nitrogen and oxygen atoms in total. The van der Waals surface area contributed by atoms with Crippen molar-refractivity contribution in [2.75, 3.05) is 20.1 Å². The first-order chi connectivity index (χ1) is 13.9. The van der Waals surface area contributed by atoms with Crippen molar-refractivity contribution in [2.45, 2.75) is 44.6 Å². The maximum atomic E-state index is 12.7. The standard InChI is InChI=1S/C20H26F3N5S/c1-14(15-6-4-3-5-7-15)28-10-8-16(9-11-28)26-19(24-2)25-12-18-27-17(13-29-18)20(21,22)23/h3-7,13-14,16H,8-12H2,1-2H3,(H2,24,25,26). The van der Waals surface area contributed by atoms with E-state index in [0.717, 1.165) is 42.6 Å². The van der Waals surface area contributed by atoms with Gasteiger partial charge in [-0.15, -0.1) is 11.3 Å². The van der Waals surface area contributed by atoms with Crippen LogP contribution in [0.4, 0.5) is 13.2 Å². The molecule has 158 valence electrons. The van der Waals surface area contributed by atoms with Gasteiger partial charge in [-0.25, -0.2) is 4.98 Å². The van der Waals surface area contributed by atoms with Crippen molar-refractivity contribution in [3.63, 3.8) is 0 Å². The lowest BCUT2D eigenvalue weighted by molar-refractivity contribution is -0.140. The van der Waals surface area contributed by atoms with E-state index >= 15 is 0 Å². The number of aromatic nitrogens is 1. The lowest BCUT2D eigenvalue weighted by atomic mass is 10.0. The molecule has 1 aliphatic rings. The van der Waals surface area contributed by atoms with Gasteiger partial charge in [-0.2, -0.15) is 13.2 Å². The molecule has 3 rings (SSSR count). The van der Waals surface area contributed by atoms with Gasteiger partial charge in [0.25, 0.3) is 0 Å². The normalized spacial score (nSPS) is 17.9. The second-order valence-corrected chi connectivity index (χ2v) is 8.03. The minimum Gasteiger partial charge on any atom is -0.354 e. The molecule has 1 aromatic heterocycles. The minimum absolute atomic E-state index is 0.213. The van der Waals surface area contributed by atoms with E-state index < -0.39 is 11.9 Å². The largest absolute Gasteiger partial charge is 0.434 e. The SMILES string of the molecule is CN=C(NCc1nc(C(F)(F)F)cs1)NC1CCN(C(C)c2ccccc2)CC1. The number of alkyl halides is 3. The molecule has 1 atom stereocenters. The van der Waals surface area contributed by atoms with Crippen LogP contribution in [0.3, 0.4) is 0 Å². The van der Waals surface area contributed by atoms with E-state index in [4.69, 9.17) is 0 Å². The van der Waals surface area contributed by atoms with Crippen molar-refractivity contribution < 1.29 is 13.2 Å². The molecular formula is C20H26F3N5S. The Morgan fingerprint density at radius 2 is 1.97 bits per heavy atom. The lowest BCUT2D eigenvalue weighted by Gasteiger charge is -2.37. The predicted molar refractivity (Wildman–Crippen MR) is 110 cm³/mol. The molecule has 1 saturated heterocycles. The van der Waals surface area contributed by atoms with E-state index in [2.05, 4.69) is 56.7 Å². The third kappa shape index (κ3) is 5.93. The zero-order chi connectivity index (χ0) is 20.9. The van der Waals surface area contributed by atoms with Crippen LogP contribution in [0.25, 0.3) is 0 Å². The third-order valence-electron chi connectivity index (χ3n) is 5.17. The molecule has 0 bridgehead atoms. The van der Waals surface area contributed by atoms with Crippen molar-refractivity contribution >= 4 is 17.3 Å². The fourth-order valence-electron chi connectivity index (χ4n) is 3.44. The van der Waals surface area contributed by atoms with Crippen molar-refractivity contribution in [1.82, 2.24) is 20.5 Å². The van der Waals surface area contributed by atoms with Crippen LogP contribution in [0.1, 0.15) is 42.1 Å². The van der Waals surface area contributed by atoms with Gasteiger partial charge >= 0.3 is 6.18 Å². The molecule has 0 amide bonds. The Labute approximate surface area is 173 Å². The Morgan fingerprint density at radius 1 is 1.28 bits per heavy atom. The van der Waals surface area contributed by atoms with Gasteiger partial charge in [0.05, 0.1) is 6.54 Å². The number of likely N-dealkylation sites (tertiary alicyclic amines) is 1. The number of hydrogen-bond donors (Lipinski definition) is 2. The number of thiazole rings is 1. The van der Waals surface area contributed by atoms with Crippen LogP contribution in [0, 0.1) is 0 Å². The number of nitrogens with one attached hydrogen (secondary N) is 2. The summed E-state index contributed by atoms with van der Waals surface area (Å²) in [6, 6.07) is 11.1. The number of aliphatic imine (C=N–C) groups is 1. The summed E-state index contributed by atoms with van der Waals surface area (Å²) < 4.78 is 38.0. The molecule has 2 aromatic rings. The van der Waals surface area contributed by atoms with Gasteiger partial charge in [-0.1, -0.05) is 30.3 Å².